The Balaban J connectivity index is 1.75. The van der Waals surface area contributed by atoms with Crippen LogP contribution in [0.2, 0.25) is 0 Å². The Morgan fingerprint density at radius 2 is 1.46 bits per heavy atom. The zero-order valence-electron chi connectivity index (χ0n) is 15.6. The molecule has 28 heavy (non-hydrogen) atoms. The zero-order valence-corrected chi connectivity index (χ0v) is 16.4. The van der Waals surface area contributed by atoms with Crippen molar-refractivity contribution >= 4 is 33.1 Å². The minimum absolute atomic E-state index is 0.176. The third-order valence-corrected chi connectivity index (χ3v) is 5.50. The first-order valence-corrected chi connectivity index (χ1v) is 10.1. The SMILES string of the molecule is Cc1ccc(S(=O)(=O)Nc2ccc(C)c(NC(=O)Nc3ccccc3)c2)cc1. The van der Waals surface area contributed by atoms with E-state index >= 15 is 0 Å². The fraction of sp³-hybridized carbons (Fsp3) is 0.0952. The second-order valence-electron chi connectivity index (χ2n) is 6.39. The van der Waals surface area contributed by atoms with Crippen LogP contribution in [-0.2, 0) is 10.0 Å². The van der Waals surface area contributed by atoms with Crippen LogP contribution in [0.25, 0.3) is 0 Å². The van der Waals surface area contributed by atoms with Crippen LogP contribution in [-0.4, -0.2) is 14.4 Å². The molecule has 144 valence electrons. The lowest BCUT2D eigenvalue weighted by Crippen LogP contribution is -2.20. The van der Waals surface area contributed by atoms with Gasteiger partial charge in [-0.3, -0.25) is 4.72 Å². The molecule has 2 amide bonds. The van der Waals surface area contributed by atoms with E-state index in [-0.39, 0.29) is 4.90 Å². The van der Waals surface area contributed by atoms with E-state index in [9.17, 15) is 13.2 Å². The number of amides is 2. The summed E-state index contributed by atoms with van der Waals surface area (Å²) >= 11 is 0. The maximum Gasteiger partial charge on any atom is 0.323 e. The number of sulfonamides is 1. The molecule has 0 bridgehead atoms. The predicted octanol–water partition coefficient (Wildman–Crippen LogP) is 4.75. The minimum atomic E-state index is -3.72. The van der Waals surface area contributed by atoms with Crippen molar-refractivity contribution in [3.05, 3.63) is 83.9 Å². The molecule has 0 radical (unpaired) electrons. The first-order valence-electron chi connectivity index (χ1n) is 8.67. The van der Waals surface area contributed by atoms with Gasteiger partial charge in [-0.2, -0.15) is 0 Å². The molecule has 0 aliphatic rings. The largest absolute Gasteiger partial charge is 0.323 e. The highest BCUT2D eigenvalue weighted by atomic mass is 32.2. The average molecular weight is 395 g/mol. The Morgan fingerprint density at radius 3 is 2.14 bits per heavy atom. The molecule has 0 saturated heterocycles. The number of rotatable bonds is 5. The van der Waals surface area contributed by atoms with Crippen LogP contribution in [0.15, 0.2) is 77.7 Å². The molecule has 0 fully saturated rings. The van der Waals surface area contributed by atoms with Gasteiger partial charge in [0.25, 0.3) is 10.0 Å². The van der Waals surface area contributed by atoms with Crippen molar-refractivity contribution in [2.75, 3.05) is 15.4 Å². The van der Waals surface area contributed by atoms with Gasteiger partial charge in [0.05, 0.1) is 10.6 Å². The van der Waals surface area contributed by atoms with E-state index in [1.54, 1.807) is 54.6 Å². The highest BCUT2D eigenvalue weighted by molar-refractivity contribution is 7.92. The van der Waals surface area contributed by atoms with Crippen molar-refractivity contribution in [2.45, 2.75) is 18.7 Å². The fourth-order valence-electron chi connectivity index (χ4n) is 2.56. The molecule has 0 spiro atoms. The summed E-state index contributed by atoms with van der Waals surface area (Å²) in [7, 11) is -3.72. The number of urea groups is 1. The summed E-state index contributed by atoms with van der Waals surface area (Å²) < 4.78 is 27.7. The van der Waals surface area contributed by atoms with E-state index < -0.39 is 16.1 Å². The molecule has 3 N–H and O–H groups in total. The van der Waals surface area contributed by atoms with E-state index in [4.69, 9.17) is 0 Å². The quantitative estimate of drug-likeness (QED) is 0.583. The number of hydrogen-bond acceptors (Lipinski definition) is 3. The molecular formula is C21H21N3O3S. The molecule has 0 heterocycles. The molecule has 3 rings (SSSR count). The van der Waals surface area contributed by atoms with Gasteiger partial charge in [-0.1, -0.05) is 42.0 Å². The van der Waals surface area contributed by atoms with Crippen molar-refractivity contribution < 1.29 is 13.2 Å². The topological polar surface area (TPSA) is 87.3 Å². The van der Waals surface area contributed by atoms with Crippen molar-refractivity contribution in [2.24, 2.45) is 0 Å². The van der Waals surface area contributed by atoms with Gasteiger partial charge in [-0.25, -0.2) is 13.2 Å². The van der Waals surface area contributed by atoms with E-state index in [0.29, 0.717) is 17.1 Å². The highest BCUT2D eigenvalue weighted by Gasteiger charge is 2.15. The minimum Gasteiger partial charge on any atom is -0.308 e. The van der Waals surface area contributed by atoms with Crippen LogP contribution in [0.3, 0.4) is 0 Å². The Labute approximate surface area is 164 Å². The lowest BCUT2D eigenvalue weighted by Gasteiger charge is -2.13. The van der Waals surface area contributed by atoms with Crippen LogP contribution in [0.4, 0.5) is 21.9 Å². The Morgan fingerprint density at radius 1 is 0.786 bits per heavy atom. The third-order valence-electron chi connectivity index (χ3n) is 4.10. The number of anilines is 3. The van der Waals surface area contributed by atoms with Crippen LogP contribution in [0.5, 0.6) is 0 Å². The molecule has 6 nitrogen and oxygen atoms in total. The summed E-state index contributed by atoms with van der Waals surface area (Å²) in [6.45, 7) is 3.72. The van der Waals surface area contributed by atoms with E-state index in [0.717, 1.165) is 11.1 Å². The van der Waals surface area contributed by atoms with E-state index in [2.05, 4.69) is 15.4 Å². The van der Waals surface area contributed by atoms with Gasteiger partial charge < -0.3 is 10.6 Å². The summed E-state index contributed by atoms with van der Waals surface area (Å²) in [6.07, 6.45) is 0. The second kappa shape index (κ2) is 8.14. The van der Waals surface area contributed by atoms with Gasteiger partial charge in [0, 0.05) is 11.4 Å². The van der Waals surface area contributed by atoms with Gasteiger partial charge in [-0.15, -0.1) is 0 Å². The molecule has 7 heteroatoms. The highest BCUT2D eigenvalue weighted by Crippen LogP contribution is 2.23. The smallest absolute Gasteiger partial charge is 0.308 e. The molecule has 0 saturated carbocycles. The lowest BCUT2D eigenvalue weighted by atomic mass is 10.2. The van der Waals surface area contributed by atoms with Crippen molar-refractivity contribution in [3.63, 3.8) is 0 Å². The van der Waals surface area contributed by atoms with Crippen LogP contribution in [0.1, 0.15) is 11.1 Å². The van der Waals surface area contributed by atoms with Gasteiger partial charge in [0.2, 0.25) is 0 Å². The Hall–Kier alpha value is -3.32. The zero-order chi connectivity index (χ0) is 20.1. The summed E-state index contributed by atoms with van der Waals surface area (Å²) in [5, 5.41) is 5.47. The Kier molecular flexibility index (Phi) is 5.65. The Bertz CT molecular complexity index is 1080. The van der Waals surface area contributed by atoms with Gasteiger partial charge >= 0.3 is 6.03 Å². The van der Waals surface area contributed by atoms with E-state index in [1.165, 1.54) is 0 Å². The summed E-state index contributed by atoms with van der Waals surface area (Å²) in [4.78, 5) is 12.4. The average Bonchev–Trinajstić information content (AvgIpc) is 2.65. The summed E-state index contributed by atoms with van der Waals surface area (Å²) in [5.41, 5.74) is 3.32. The number of carbonyl (C=O) groups is 1. The van der Waals surface area contributed by atoms with Crippen LogP contribution >= 0.6 is 0 Å². The first kappa shape index (κ1) is 19.4. The normalized spacial score (nSPS) is 10.9. The number of aryl methyl sites for hydroxylation is 2. The van der Waals surface area contributed by atoms with Gasteiger partial charge in [0.15, 0.2) is 0 Å². The molecule has 0 aliphatic heterocycles. The number of benzene rings is 3. The number of hydrogen-bond donors (Lipinski definition) is 3. The molecule has 0 aromatic heterocycles. The van der Waals surface area contributed by atoms with Gasteiger partial charge in [0.1, 0.15) is 0 Å². The second-order valence-corrected chi connectivity index (χ2v) is 8.08. The lowest BCUT2D eigenvalue weighted by molar-refractivity contribution is 0.262. The standard InChI is InChI=1S/C21H21N3O3S/c1-15-8-12-19(13-9-15)28(26,27)24-18-11-10-16(2)20(14-18)23-21(25)22-17-6-4-3-5-7-17/h3-14,24H,1-2H3,(H2,22,23,25). The van der Waals surface area contributed by atoms with Gasteiger partial charge in [-0.05, 0) is 55.8 Å². The van der Waals surface area contributed by atoms with Crippen molar-refractivity contribution in [1.82, 2.24) is 0 Å². The number of nitrogens with one attached hydrogen (secondary N) is 3. The number of para-hydroxylation sites is 1. The first-order chi connectivity index (χ1) is 13.3. The maximum atomic E-state index is 12.6. The molecule has 0 aliphatic carbocycles. The monoisotopic (exact) mass is 395 g/mol. The molecule has 3 aromatic carbocycles. The summed E-state index contributed by atoms with van der Waals surface area (Å²) in [6, 6.07) is 20.2. The van der Waals surface area contributed by atoms with Crippen LogP contribution in [0, 0.1) is 13.8 Å². The summed E-state index contributed by atoms with van der Waals surface area (Å²) in [5.74, 6) is 0. The van der Waals surface area contributed by atoms with Crippen LogP contribution < -0.4 is 15.4 Å². The molecular weight excluding hydrogens is 374 g/mol. The van der Waals surface area contributed by atoms with Crippen molar-refractivity contribution in [3.8, 4) is 0 Å². The van der Waals surface area contributed by atoms with Crippen molar-refractivity contribution in [1.29, 1.82) is 0 Å². The molecule has 0 unspecified atom stereocenters. The predicted molar refractivity (Wildman–Crippen MR) is 112 cm³/mol. The number of carbonyl (C=O) groups excluding carboxylic acids is 1. The fourth-order valence-corrected chi connectivity index (χ4v) is 3.61. The molecule has 3 aromatic rings. The molecule has 0 atom stereocenters. The van der Waals surface area contributed by atoms with E-state index in [1.807, 2.05) is 32.0 Å². The third kappa shape index (κ3) is 4.89. The maximum absolute atomic E-state index is 12.6.